The van der Waals surface area contributed by atoms with Crippen LogP contribution in [-0.4, -0.2) is 19.7 Å². The van der Waals surface area contributed by atoms with Gasteiger partial charge in [0, 0.05) is 23.4 Å². The molecule has 4 nitrogen and oxygen atoms in total. The molecule has 5 heteroatoms. The van der Waals surface area contributed by atoms with Crippen molar-refractivity contribution < 1.29 is 8.42 Å². The fourth-order valence-electron chi connectivity index (χ4n) is 3.60. The van der Waals surface area contributed by atoms with Gasteiger partial charge in [-0.2, -0.15) is 5.26 Å². The average Bonchev–Trinajstić information content (AvgIpc) is 3.03. The maximum absolute atomic E-state index is 11.7. The molecule has 130 valence electrons. The Labute approximate surface area is 153 Å². The van der Waals surface area contributed by atoms with Gasteiger partial charge in [0.2, 0.25) is 0 Å². The number of hydrogen-bond acceptors (Lipinski definition) is 4. The van der Waals surface area contributed by atoms with Gasteiger partial charge in [-0.3, -0.25) is 4.98 Å². The Morgan fingerprint density at radius 2 is 1.73 bits per heavy atom. The molecule has 1 fully saturated rings. The zero-order chi connectivity index (χ0) is 18.4. The largest absolute Gasteiger partial charge is 0.255 e. The van der Waals surface area contributed by atoms with Crippen LogP contribution in [0, 0.1) is 16.7 Å². The van der Waals surface area contributed by atoms with Crippen molar-refractivity contribution in [1.82, 2.24) is 4.98 Å². The molecule has 0 aliphatic heterocycles. The molecule has 1 saturated carbocycles. The van der Waals surface area contributed by atoms with Crippen molar-refractivity contribution in [3.63, 3.8) is 0 Å². The van der Waals surface area contributed by atoms with Crippen LogP contribution in [0.5, 0.6) is 0 Å². The Bertz CT molecular complexity index is 1070. The van der Waals surface area contributed by atoms with Crippen molar-refractivity contribution in [2.24, 2.45) is 5.41 Å². The van der Waals surface area contributed by atoms with Crippen molar-refractivity contribution >= 4 is 21.0 Å². The van der Waals surface area contributed by atoms with E-state index in [0.717, 1.165) is 35.2 Å². The molecule has 4 rings (SSSR count). The summed E-state index contributed by atoms with van der Waals surface area (Å²) in [7, 11) is -3.21. The molecule has 0 bridgehead atoms. The van der Waals surface area contributed by atoms with E-state index in [1.54, 1.807) is 24.4 Å². The molecule has 1 spiro atoms. The van der Waals surface area contributed by atoms with Crippen molar-refractivity contribution in [1.29, 1.82) is 5.26 Å². The van der Waals surface area contributed by atoms with Gasteiger partial charge in [-0.05, 0) is 48.2 Å². The number of nitriles is 1. The van der Waals surface area contributed by atoms with Gasteiger partial charge in [0.1, 0.15) is 6.07 Å². The summed E-state index contributed by atoms with van der Waals surface area (Å²) < 4.78 is 23.4. The molecule has 0 unspecified atom stereocenters. The molecule has 1 aromatic heterocycles. The predicted molar refractivity (Wildman–Crippen MR) is 101 cm³/mol. The second kappa shape index (κ2) is 5.93. The fraction of sp³-hybridized carbons (Fsp3) is 0.238. The fourth-order valence-corrected chi connectivity index (χ4v) is 4.23. The van der Waals surface area contributed by atoms with Crippen LogP contribution in [0.15, 0.2) is 59.6 Å². The first kappa shape index (κ1) is 16.7. The maximum Gasteiger partial charge on any atom is 0.175 e. The van der Waals surface area contributed by atoms with Gasteiger partial charge in [-0.15, -0.1) is 0 Å². The van der Waals surface area contributed by atoms with Gasteiger partial charge in [-0.25, -0.2) is 8.42 Å². The number of hydrogen-bond donors (Lipinski definition) is 0. The number of nitrogens with zero attached hydrogens (tertiary/aromatic N) is 2. The molecular weight excluding hydrogens is 344 g/mol. The molecule has 0 atom stereocenters. The molecule has 2 aliphatic rings. The summed E-state index contributed by atoms with van der Waals surface area (Å²) in [5.74, 6) is 0. The second-order valence-corrected chi connectivity index (χ2v) is 9.06. The average molecular weight is 362 g/mol. The third-order valence-electron chi connectivity index (χ3n) is 5.20. The summed E-state index contributed by atoms with van der Waals surface area (Å²) in [6.07, 6.45) is 10.8. The molecule has 26 heavy (non-hydrogen) atoms. The highest BCUT2D eigenvalue weighted by atomic mass is 32.2. The minimum absolute atomic E-state index is 0.0930. The Kier molecular flexibility index (Phi) is 3.82. The van der Waals surface area contributed by atoms with Crippen molar-refractivity contribution in [2.45, 2.75) is 24.2 Å². The van der Waals surface area contributed by atoms with Crippen LogP contribution in [0.25, 0.3) is 11.1 Å². The summed E-state index contributed by atoms with van der Waals surface area (Å²) in [6.45, 7) is 0. The summed E-state index contributed by atoms with van der Waals surface area (Å²) >= 11 is 0. The highest BCUT2D eigenvalue weighted by Gasteiger charge is 2.38. The minimum atomic E-state index is -3.21. The van der Waals surface area contributed by atoms with Gasteiger partial charge >= 0.3 is 0 Å². The smallest absolute Gasteiger partial charge is 0.175 e. The Morgan fingerprint density at radius 3 is 2.23 bits per heavy atom. The van der Waals surface area contributed by atoms with E-state index in [4.69, 9.17) is 5.26 Å². The molecule has 1 aromatic carbocycles. The standard InChI is InChI=1S/C21H18N2O2S/c1-26(24,25)17-6-4-16(5-7-17)18-11-21(9-2-10-21)12-19(18)20-8-3-15(13-22)14-23-20/h3-8,11-12,14H,2,9-10H2,1H3. The summed E-state index contributed by atoms with van der Waals surface area (Å²) in [5.41, 5.74) is 4.59. The van der Waals surface area contributed by atoms with E-state index >= 15 is 0 Å². The lowest BCUT2D eigenvalue weighted by molar-refractivity contribution is 0.282. The van der Waals surface area contributed by atoms with Crippen LogP contribution < -0.4 is 0 Å². The Morgan fingerprint density at radius 1 is 1.04 bits per heavy atom. The Balaban J connectivity index is 1.76. The van der Waals surface area contributed by atoms with Crippen molar-refractivity contribution in [2.75, 3.05) is 6.26 Å². The molecule has 0 amide bonds. The monoisotopic (exact) mass is 362 g/mol. The van der Waals surface area contributed by atoms with E-state index in [1.165, 1.54) is 12.7 Å². The lowest BCUT2D eigenvalue weighted by atomic mass is 9.70. The van der Waals surface area contributed by atoms with E-state index in [9.17, 15) is 8.42 Å². The van der Waals surface area contributed by atoms with Crippen LogP contribution in [0.2, 0.25) is 0 Å². The first-order chi connectivity index (χ1) is 12.4. The maximum atomic E-state index is 11.7. The third-order valence-corrected chi connectivity index (χ3v) is 6.33. The molecule has 2 aromatic rings. The lowest BCUT2D eigenvalue weighted by Crippen LogP contribution is -2.22. The second-order valence-electron chi connectivity index (χ2n) is 7.04. The molecule has 0 N–H and O–H groups in total. The number of sulfone groups is 1. The molecule has 2 aliphatic carbocycles. The van der Waals surface area contributed by atoms with E-state index in [1.807, 2.05) is 18.2 Å². The van der Waals surface area contributed by atoms with Crippen molar-refractivity contribution in [3.05, 3.63) is 71.6 Å². The zero-order valence-corrected chi connectivity index (χ0v) is 15.3. The number of pyridine rings is 1. The zero-order valence-electron chi connectivity index (χ0n) is 14.4. The molecule has 0 radical (unpaired) electrons. The number of rotatable bonds is 3. The van der Waals surface area contributed by atoms with Crippen LogP contribution in [0.1, 0.15) is 36.1 Å². The predicted octanol–water partition coefficient (Wildman–Crippen LogP) is 4.01. The van der Waals surface area contributed by atoms with Gasteiger partial charge in [0.25, 0.3) is 0 Å². The third kappa shape index (κ3) is 2.87. The topological polar surface area (TPSA) is 70.8 Å². The quantitative estimate of drug-likeness (QED) is 0.827. The highest BCUT2D eigenvalue weighted by Crippen LogP contribution is 2.53. The Hall–Kier alpha value is -2.71. The lowest BCUT2D eigenvalue weighted by Gasteiger charge is -2.34. The highest BCUT2D eigenvalue weighted by molar-refractivity contribution is 7.90. The first-order valence-electron chi connectivity index (χ1n) is 8.53. The normalized spacial score (nSPS) is 18.0. The minimum Gasteiger partial charge on any atom is -0.255 e. The summed E-state index contributed by atoms with van der Waals surface area (Å²) in [5, 5.41) is 8.98. The van der Waals surface area contributed by atoms with Crippen LogP contribution in [0.3, 0.4) is 0 Å². The molecular formula is C21H18N2O2S. The van der Waals surface area contributed by atoms with Crippen LogP contribution in [-0.2, 0) is 9.84 Å². The first-order valence-corrected chi connectivity index (χ1v) is 10.4. The van der Waals surface area contributed by atoms with Gasteiger partial charge in [0.15, 0.2) is 9.84 Å². The van der Waals surface area contributed by atoms with E-state index in [2.05, 4.69) is 23.2 Å². The van der Waals surface area contributed by atoms with Gasteiger partial charge in [-0.1, -0.05) is 30.7 Å². The van der Waals surface area contributed by atoms with Crippen molar-refractivity contribution in [3.8, 4) is 6.07 Å². The van der Waals surface area contributed by atoms with E-state index in [0.29, 0.717) is 10.5 Å². The van der Waals surface area contributed by atoms with Gasteiger partial charge in [0.05, 0.1) is 16.2 Å². The van der Waals surface area contributed by atoms with E-state index < -0.39 is 9.84 Å². The SMILES string of the molecule is CS(=O)(=O)c1ccc(C2=CC3(C=C2c2ccc(C#N)cn2)CCC3)cc1. The summed E-state index contributed by atoms with van der Waals surface area (Å²) in [6, 6.07) is 12.8. The number of aromatic nitrogens is 1. The number of allylic oxidation sites excluding steroid dienone is 4. The van der Waals surface area contributed by atoms with Crippen LogP contribution in [0.4, 0.5) is 0 Å². The molecule has 1 heterocycles. The summed E-state index contributed by atoms with van der Waals surface area (Å²) in [4.78, 5) is 4.78. The van der Waals surface area contributed by atoms with Gasteiger partial charge < -0.3 is 0 Å². The molecule has 0 saturated heterocycles. The van der Waals surface area contributed by atoms with Crippen LogP contribution >= 0.6 is 0 Å². The van der Waals surface area contributed by atoms with E-state index in [-0.39, 0.29) is 5.41 Å². The number of benzene rings is 1.